The number of carbonyl (C=O) groups is 1. The van der Waals surface area contributed by atoms with Crippen molar-refractivity contribution < 1.29 is 27.1 Å². The lowest BCUT2D eigenvalue weighted by molar-refractivity contribution is -0.129. The van der Waals surface area contributed by atoms with Crippen LogP contribution in [-0.4, -0.2) is 49.7 Å². The SMILES string of the molecule is CC(CC(=O)N1[C@@H]2C[C@H]3CC[C@]2(CS1(=O)=O)C3(C)C)N[C@H](CC1CCOCC1)c1ccc(Cl)c(Oc2ccccc2)c1F. The Hall–Kier alpha value is -2.20. The van der Waals surface area contributed by atoms with Crippen LogP contribution in [0.15, 0.2) is 42.5 Å². The number of nitrogens with zero attached hydrogens (tertiary/aromatic N) is 1. The third-order valence-electron chi connectivity index (χ3n) is 11.0. The Morgan fingerprint density at radius 1 is 1.16 bits per heavy atom. The van der Waals surface area contributed by atoms with E-state index in [0.29, 0.717) is 42.8 Å². The molecular formula is C33H42ClFN2O5S. The van der Waals surface area contributed by atoms with Gasteiger partial charge in [-0.25, -0.2) is 17.1 Å². The molecule has 2 saturated carbocycles. The van der Waals surface area contributed by atoms with E-state index in [4.69, 9.17) is 21.1 Å². The monoisotopic (exact) mass is 632 g/mol. The highest BCUT2D eigenvalue weighted by Gasteiger charge is 2.72. The van der Waals surface area contributed by atoms with Gasteiger partial charge in [0.05, 0.1) is 16.8 Å². The lowest BCUT2D eigenvalue weighted by Gasteiger charge is -2.37. The minimum atomic E-state index is -3.71. The van der Waals surface area contributed by atoms with Gasteiger partial charge in [-0.2, -0.15) is 0 Å². The number of sulfonamides is 1. The number of hydrogen-bond acceptors (Lipinski definition) is 6. The maximum Gasteiger partial charge on any atom is 0.238 e. The van der Waals surface area contributed by atoms with Gasteiger partial charge in [-0.3, -0.25) is 4.79 Å². The highest BCUT2D eigenvalue weighted by molar-refractivity contribution is 7.90. The number of halogens is 2. The molecule has 4 aliphatic rings. The Labute approximate surface area is 259 Å². The number of benzene rings is 2. The van der Waals surface area contributed by atoms with Crippen LogP contribution in [-0.2, 0) is 19.6 Å². The molecule has 234 valence electrons. The molecule has 2 heterocycles. The Balaban J connectivity index is 1.23. The highest BCUT2D eigenvalue weighted by Crippen LogP contribution is 2.70. The summed E-state index contributed by atoms with van der Waals surface area (Å²) in [7, 11) is -3.71. The zero-order valence-electron chi connectivity index (χ0n) is 25.2. The maximum atomic E-state index is 16.2. The quantitative estimate of drug-likeness (QED) is 0.325. The van der Waals surface area contributed by atoms with Crippen LogP contribution in [0.3, 0.4) is 0 Å². The van der Waals surface area contributed by atoms with E-state index < -0.39 is 27.9 Å². The molecule has 1 unspecified atom stereocenters. The van der Waals surface area contributed by atoms with Gasteiger partial charge in [0.25, 0.3) is 0 Å². The fraction of sp³-hybridized carbons (Fsp3) is 0.606. The van der Waals surface area contributed by atoms with Gasteiger partial charge in [0.1, 0.15) is 5.75 Å². The van der Waals surface area contributed by atoms with Gasteiger partial charge < -0.3 is 14.8 Å². The first-order chi connectivity index (χ1) is 20.4. The summed E-state index contributed by atoms with van der Waals surface area (Å²) >= 11 is 6.40. The van der Waals surface area contributed by atoms with E-state index in [1.807, 2.05) is 13.0 Å². The molecule has 1 spiro atoms. The number of carbonyl (C=O) groups excluding carboxylic acids is 1. The highest BCUT2D eigenvalue weighted by atomic mass is 35.5. The molecule has 4 fully saturated rings. The van der Waals surface area contributed by atoms with Crippen molar-refractivity contribution >= 4 is 27.5 Å². The summed E-state index contributed by atoms with van der Waals surface area (Å²) in [6, 6.07) is 11.1. The molecule has 0 radical (unpaired) electrons. The fourth-order valence-corrected chi connectivity index (χ4v) is 11.2. The third-order valence-corrected chi connectivity index (χ3v) is 13.2. The molecule has 2 aliphatic carbocycles. The molecule has 5 atom stereocenters. The standard InChI is InChI=1S/C33H42ClFN2O5S/c1-21(17-29(38)37-28-19-23-11-14-33(28,32(23,2)3)20-43(37,39)40)36-27(18-22-12-15-41-16-13-22)25-9-10-26(34)31(30(25)35)42-24-7-5-4-6-8-24/h4-10,21-23,27-28,36H,11-20H2,1-3H3/t21?,23-,27-,28-,33-/m1/s1. The molecule has 2 aliphatic heterocycles. The summed E-state index contributed by atoms with van der Waals surface area (Å²) in [4.78, 5) is 13.8. The fourth-order valence-electron chi connectivity index (χ4n) is 8.49. The van der Waals surface area contributed by atoms with Crippen LogP contribution in [0.25, 0.3) is 0 Å². The number of para-hydroxylation sites is 1. The summed E-state index contributed by atoms with van der Waals surface area (Å²) in [6.45, 7) is 7.53. The van der Waals surface area contributed by atoms with Gasteiger partial charge in [-0.15, -0.1) is 0 Å². The van der Waals surface area contributed by atoms with E-state index in [-0.39, 0.29) is 45.7 Å². The molecule has 6 rings (SSSR count). The summed E-state index contributed by atoms with van der Waals surface area (Å²) in [5, 5.41) is 3.67. The van der Waals surface area contributed by atoms with Crippen molar-refractivity contribution in [1.29, 1.82) is 0 Å². The van der Waals surface area contributed by atoms with Gasteiger partial charge in [0.15, 0.2) is 11.6 Å². The van der Waals surface area contributed by atoms with Crippen LogP contribution >= 0.6 is 11.6 Å². The van der Waals surface area contributed by atoms with E-state index >= 15 is 4.39 Å². The van der Waals surface area contributed by atoms with Crippen LogP contribution in [0.1, 0.15) is 77.3 Å². The van der Waals surface area contributed by atoms with Crippen LogP contribution in [0.2, 0.25) is 5.02 Å². The molecule has 43 heavy (non-hydrogen) atoms. The summed E-state index contributed by atoms with van der Waals surface area (Å²) in [5.41, 5.74) is -0.0659. The molecule has 1 amide bonds. The number of amides is 1. The second-order valence-corrected chi connectivity index (χ2v) is 15.9. The van der Waals surface area contributed by atoms with E-state index in [2.05, 4.69) is 19.2 Å². The Morgan fingerprint density at radius 2 is 1.88 bits per heavy atom. The predicted octanol–water partition coefficient (Wildman–Crippen LogP) is 6.86. The van der Waals surface area contributed by atoms with Crippen LogP contribution in [0.4, 0.5) is 4.39 Å². The largest absolute Gasteiger partial charge is 0.453 e. The van der Waals surface area contributed by atoms with Crippen molar-refractivity contribution in [1.82, 2.24) is 9.62 Å². The Bertz CT molecular complexity index is 1470. The number of fused-ring (bicyclic) bond motifs is 1. The zero-order chi connectivity index (χ0) is 30.6. The molecule has 1 N–H and O–H groups in total. The van der Waals surface area contributed by atoms with E-state index in [0.717, 1.165) is 32.1 Å². The summed E-state index contributed by atoms with van der Waals surface area (Å²) < 4.78 is 55.7. The van der Waals surface area contributed by atoms with Gasteiger partial charge in [0.2, 0.25) is 15.9 Å². The lowest BCUT2D eigenvalue weighted by atomic mass is 9.69. The Kier molecular flexibility index (Phi) is 8.33. The van der Waals surface area contributed by atoms with Crippen molar-refractivity contribution in [3.8, 4) is 11.5 Å². The molecule has 7 nitrogen and oxygen atoms in total. The van der Waals surface area contributed by atoms with Crippen LogP contribution < -0.4 is 10.1 Å². The molecular weight excluding hydrogens is 591 g/mol. The smallest absolute Gasteiger partial charge is 0.238 e. The maximum absolute atomic E-state index is 16.2. The first kappa shape index (κ1) is 30.8. The van der Waals surface area contributed by atoms with E-state index in [1.54, 1.807) is 36.4 Å². The zero-order valence-corrected chi connectivity index (χ0v) is 26.7. The van der Waals surface area contributed by atoms with Crippen molar-refractivity contribution in [3.05, 3.63) is 58.9 Å². The topological polar surface area (TPSA) is 84.9 Å². The van der Waals surface area contributed by atoms with Crippen LogP contribution in [0, 0.1) is 28.5 Å². The minimum absolute atomic E-state index is 0.00373. The van der Waals surface area contributed by atoms with Crippen LogP contribution in [0.5, 0.6) is 11.5 Å². The summed E-state index contributed by atoms with van der Waals surface area (Å²) in [5.74, 6) is 0.295. The first-order valence-corrected chi connectivity index (χ1v) is 17.5. The first-order valence-electron chi connectivity index (χ1n) is 15.5. The second-order valence-electron chi connectivity index (χ2n) is 13.6. The van der Waals surface area contributed by atoms with E-state index in [1.165, 1.54) is 4.31 Å². The molecule has 2 bridgehead atoms. The third kappa shape index (κ3) is 5.49. The minimum Gasteiger partial charge on any atom is -0.453 e. The van der Waals surface area contributed by atoms with Gasteiger partial charge in [-0.1, -0.05) is 49.7 Å². The second kappa shape index (κ2) is 11.6. The molecule has 10 heteroatoms. The molecule has 2 aromatic rings. The van der Waals surface area contributed by atoms with Gasteiger partial charge in [-0.05, 0) is 80.9 Å². The number of nitrogens with one attached hydrogen (secondary N) is 1. The number of ether oxygens (including phenoxy) is 2. The number of rotatable bonds is 9. The normalized spacial score (nSPS) is 28.9. The van der Waals surface area contributed by atoms with Crippen molar-refractivity contribution in [3.63, 3.8) is 0 Å². The molecule has 2 saturated heterocycles. The Morgan fingerprint density at radius 3 is 2.58 bits per heavy atom. The molecule has 2 aromatic carbocycles. The predicted molar refractivity (Wildman–Crippen MR) is 164 cm³/mol. The van der Waals surface area contributed by atoms with Crippen molar-refractivity contribution in [2.45, 2.75) is 83.8 Å². The van der Waals surface area contributed by atoms with Crippen molar-refractivity contribution in [2.75, 3.05) is 19.0 Å². The average molecular weight is 633 g/mol. The average Bonchev–Trinajstić information content (AvgIpc) is 3.44. The lowest BCUT2D eigenvalue weighted by Crippen LogP contribution is -2.46. The van der Waals surface area contributed by atoms with E-state index in [9.17, 15) is 13.2 Å². The number of hydrogen-bond donors (Lipinski definition) is 1. The van der Waals surface area contributed by atoms with Gasteiger partial charge in [0, 0.05) is 42.7 Å². The van der Waals surface area contributed by atoms with Gasteiger partial charge >= 0.3 is 0 Å². The van der Waals surface area contributed by atoms with Crippen molar-refractivity contribution in [2.24, 2.45) is 22.7 Å². The molecule has 0 aromatic heterocycles. The summed E-state index contributed by atoms with van der Waals surface area (Å²) in [6.07, 6.45) is 4.98.